The summed E-state index contributed by atoms with van der Waals surface area (Å²) in [6.07, 6.45) is 0. The van der Waals surface area contributed by atoms with Crippen molar-refractivity contribution in [3.05, 3.63) is 53.9 Å². The van der Waals surface area contributed by atoms with E-state index in [1.165, 1.54) is 0 Å². The van der Waals surface area contributed by atoms with Gasteiger partial charge in [-0.1, -0.05) is 44.2 Å². The molecule has 1 N–H and O–H groups in total. The van der Waals surface area contributed by atoms with Crippen LogP contribution in [0.5, 0.6) is 0 Å². The van der Waals surface area contributed by atoms with Gasteiger partial charge < -0.3 is 5.32 Å². The number of aryl methyl sites for hydroxylation is 1. The molecule has 0 saturated heterocycles. The lowest BCUT2D eigenvalue weighted by molar-refractivity contribution is 0.0943. The largest absolute Gasteiger partial charge is 0.350 e. The number of amides is 1. The van der Waals surface area contributed by atoms with E-state index in [-0.39, 0.29) is 5.91 Å². The Morgan fingerprint density at radius 1 is 1.22 bits per heavy atom. The molecule has 5 heteroatoms. The Hall–Kier alpha value is -2.69. The van der Waals surface area contributed by atoms with Crippen LogP contribution >= 0.6 is 0 Å². The average Bonchev–Trinajstić information content (AvgIpc) is 2.98. The van der Waals surface area contributed by atoms with E-state index >= 15 is 0 Å². The second-order valence-corrected chi connectivity index (χ2v) is 6.05. The van der Waals surface area contributed by atoms with Crippen LogP contribution in [0.1, 0.15) is 30.0 Å². The molecule has 0 aliphatic carbocycles. The Labute approximate surface area is 135 Å². The molecule has 2 heterocycles. The van der Waals surface area contributed by atoms with Gasteiger partial charge in [0.05, 0.1) is 5.69 Å². The fourth-order valence-corrected chi connectivity index (χ4v) is 2.38. The van der Waals surface area contributed by atoms with Crippen molar-refractivity contribution in [2.45, 2.75) is 20.8 Å². The third kappa shape index (κ3) is 3.23. The zero-order valence-corrected chi connectivity index (χ0v) is 13.6. The Morgan fingerprint density at radius 2 is 1.96 bits per heavy atom. The van der Waals surface area contributed by atoms with Gasteiger partial charge in [0.25, 0.3) is 5.91 Å². The molecule has 1 aromatic carbocycles. The van der Waals surface area contributed by atoms with Gasteiger partial charge in [-0.3, -0.25) is 4.79 Å². The van der Waals surface area contributed by atoms with E-state index in [0.29, 0.717) is 23.8 Å². The summed E-state index contributed by atoms with van der Waals surface area (Å²) in [4.78, 5) is 16.8. The molecule has 0 unspecified atom stereocenters. The van der Waals surface area contributed by atoms with Gasteiger partial charge in [-0.25, -0.2) is 9.50 Å². The van der Waals surface area contributed by atoms with Crippen molar-refractivity contribution in [2.24, 2.45) is 5.92 Å². The summed E-state index contributed by atoms with van der Waals surface area (Å²) >= 11 is 0. The molecule has 0 fully saturated rings. The van der Waals surface area contributed by atoms with Crippen LogP contribution in [-0.4, -0.2) is 27.0 Å². The fourth-order valence-electron chi connectivity index (χ4n) is 2.38. The lowest BCUT2D eigenvalue weighted by atomic mass is 10.1. The average molecular weight is 308 g/mol. The minimum absolute atomic E-state index is 0.162. The molecule has 2 aromatic heterocycles. The van der Waals surface area contributed by atoms with Crippen LogP contribution in [0.2, 0.25) is 0 Å². The Bertz CT molecular complexity index is 837. The van der Waals surface area contributed by atoms with Gasteiger partial charge in [0, 0.05) is 23.9 Å². The molecule has 1 amide bonds. The van der Waals surface area contributed by atoms with Gasteiger partial charge in [0.2, 0.25) is 0 Å². The molecule has 23 heavy (non-hydrogen) atoms. The third-order valence-corrected chi connectivity index (χ3v) is 3.58. The van der Waals surface area contributed by atoms with Crippen molar-refractivity contribution in [1.82, 2.24) is 19.9 Å². The fraction of sp³-hybridized carbons (Fsp3) is 0.278. The maximum absolute atomic E-state index is 12.2. The minimum atomic E-state index is -0.162. The standard InChI is InChI=1S/C18H20N4O/c1-12(2)11-19-18(23)16-10-17-20-15(9-13(3)22(17)21-16)14-7-5-4-6-8-14/h4-10,12H,11H2,1-3H3,(H,19,23). The van der Waals surface area contributed by atoms with Crippen molar-refractivity contribution in [2.75, 3.05) is 6.54 Å². The van der Waals surface area contributed by atoms with Crippen LogP contribution in [0.4, 0.5) is 0 Å². The van der Waals surface area contributed by atoms with Crippen molar-refractivity contribution >= 4 is 11.6 Å². The topological polar surface area (TPSA) is 59.3 Å². The summed E-state index contributed by atoms with van der Waals surface area (Å²) in [5.41, 5.74) is 3.94. The molecule has 0 radical (unpaired) electrons. The van der Waals surface area contributed by atoms with E-state index in [1.54, 1.807) is 10.6 Å². The number of carbonyl (C=O) groups excluding carboxylic acids is 1. The van der Waals surface area contributed by atoms with Crippen LogP contribution in [-0.2, 0) is 0 Å². The first-order chi connectivity index (χ1) is 11.0. The molecule has 0 bridgehead atoms. The van der Waals surface area contributed by atoms with Gasteiger partial charge in [-0.05, 0) is 18.9 Å². The number of rotatable bonds is 4. The van der Waals surface area contributed by atoms with Crippen molar-refractivity contribution < 1.29 is 4.79 Å². The highest BCUT2D eigenvalue weighted by molar-refractivity contribution is 5.93. The predicted molar refractivity (Wildman–Crippen MR) is 90.3 cm³/mol. The molecule has 0 aliphatic rings. The summed E-state index contributed by atoms with van der Waals surface area (Å²) in [6.45, 7) is 6.71. The highest BCUT2D eigenvalue weighted by Gasteiger charge is 2.14. The van der Waals surface area contributed by atoms with Crippen LogP contribution in [0, 0.1) is 12.8 Å². The highest BCUT2D eigenvalue weighted by atomic mass is 16.1. The van der Waals surface area contributed by atoms with E-state index in [9.17, 15) is 4.79 Å². The van der Waals surface area contributed by atoms with Gasteiger partial charge in [-0.15, -0.1) is 0 Å². The molecule has 0 aliphatic heterocycles. The second-order valence-electron chi connectivity index (χ2n) is 6.05. The lowest BCUT2D eigenvalue weighted by Crippen LogP contribution is -2.27. The Kier molecular flexibility index (Phi) is 4.10. The van der Waals surface area contributed by atoms with Crippen molar-refractivity contribution in [1.29, 1.82) is 0 Å². The van der Waals surface area contributed by atoms with Crippen LogP contribution < -0.4 is 5.32 Å². The maximum atomic E-state index is 12.2. The Balaban J connectivity index is 1.97. The van der Waals surface area contributed by atoms with Crippen molar-refractivity contribution in [3.8, 4) is 11.3 Å². The number of fused-ring (bicyclic) bond motifs is 1. The predicted octanol–water partition coefficient (Wildman–Crippen LogP) is 3.09. The number of aromatic nitrogens is 3. The number of benzene rings is 1. The summed E-state index contributed by atoms with van der Waals surface area (Å²) in [5.74, 6) is 0.241. The van der Waals surface area contributed by atoms with Gasteiger partial charge in [0.1, 0.15) is 0 Å². The van der Waals surface area contributed by atoms with Gasteiger partial charge in [-0.2, -0.15) is 5.10 Å². The van der Waals surface area contributed by atoms with E-state index < -0.39 is 0 Å². The normalized spacial score (nSPS) is 11.1. The van der Waals surface area contributed by atoms with E-state index in [0.717, 1.165) is 17.0 Å². The Morgan fingerprint density at radius 3 is 2.65 bits per heavy atom. The maximum Gasteiger partial charge on any atom is 0.271 e. The number of hydrogen-bond acceptors (Lipinski definition) is 3. The highest BCUT2D eigenvalue weighted by Crippen LogP contribution is 2.19. The number of carbonyl (C=O) groups is 1. The first-order valence-electron chi connectivity index (χ1n) is 7.75. The second kappa shape index (κ2) is 6.20. The zero-order valence-electron chi connectivity index (χ0n) is 13.6. The lowest BCUT2D eigenvalue weighted by Gasteiger charge is -2.05. The van der Waals surface area contributed by atoms with Gasteiger partial charge >= 0.3 is 0 Å². The van der Waals surface area contributed by atoms with Crippen LogP contribution in [0.15, 0.2) is 42.5 Å². The molecular formula is C18H20N4O. The number of nitrogens with one attached hydrogen (secondary N) is 1. The molecule has 0 atom stereocenters. The van der Waals surface area contributed by atoms with E-state index in [1.807, 2.05) is 43.3 Å². The smallest absolute Gasteiger partial charge is 0.271 e. The monoisotopic (exact) mass is 308 g/mol. The molecule has 5 nitrogen and oxygen atoms in total. The third-order valence-electron chi connectivity index (χ3n) is 3.58. The number of nitrogens with zero attached hydrogens (tertiary/aromatic N) is 3. The first-order valence-corrected chi connectivity index (χ1v) is 7.75. The molecular weight excluding hydrogens is 288 g/mol. The van der Waals surface area contributed by atoms with Crippen LogP contribution in [0.3, 0.4) is 0 Å². The minimum Gasteiger partial charge on any atom is -0.350 e. The van der Waals surface area contributed by atoms with Crippen molar-refractivity contribution in [3.63, 3.8) is 0 Å². The number of hydrogen-bond donors (Lipinski definition) is 1. The zero-order chi connectivity index (χ0) is 16.4. The molecule has 118 valence electrons. The van der Waals surface area contributed by atoms with E-state index in [4.69, 9.17) is 0 Å². The summed E-state index contributed by atoms with van der Waals surface area (Å²) < 4.78 is 1.71. The molecule has 3 aromatic rings. The summed E-state index contributed by atoms with van der Waals surface area (Å²) in [5, 5.41) is 7.25. The van der Waals surface area contributed by atoms with E-state index in [2.05, 4.69) is 29.2 Å². The summed E-state index contributed by atoms with van der Waals surface area (Å²) in [7, 11) is 0. The molecule has 0 saturated carbocycles. The summed E-state index contributed by atoms with van der Waals surface area (Å²) in [6, 6.07) is 13.7. The van der Waals surface area contributed by atoms with Crippen LogP contribution in [0.25, 0.3) is 16.9 Å². The molecule has 0 spiro atoms. The van der Waals surface area contributed by atoms with Gasteiger partial charge in [0.15, 0.2) is 11.3 Å². The SMILES string of the molecule is Cc1cc(-c2ccccc2)nc2cc(C(=O)NCC(C)C)nn12. The first kappa shape index (κ1) is 15.2. The molecule has 3 rings (SSSR count). The quantitative estimate of drug-likeness (QED) is 0.805.